The molecule has 2 aromatic rings. The Bertz CT molecular complexity index is 769. The molecule has 3 rings (SSSR count). The summed E-state index contributed by atoms with van der Waals surface area (Å²) in [4.78, 5) is 8.99. The highest BCUT2D eigenvalue weighted by atomic mass is 127. The maximum absolute atomic E-state index is 5.52. The van der Waals surface area contributed by atoms with E-state index in [1.165, 1.54) is 18.4 Å². The van der Waals surface area contributed by atoms with Crippen LogP contribution in [-0.2, 0) is 11.3 Å². The Kier molecular flexibility index (Phi) is 9.01. The quantitative estimate of drug-likeness (QED) is 0.227. The summed E-state index contributed by atoms with van der Waals surface area (Å²) in [5, 5.41) is 6.94. The standard InChI is InChI=1S/C21H33N5O.HI/c1-4-27-15-12-21(10-11-21)16-24-20(22-3)23-13-7-14-26-17(2)25-18-8-5-6-9-19(18)26;/h5-6,8-9H,4,7,10-16H2,1-3H3,(H2,22,23,24);1H. The Morgan fingerprint density at radius 1 is 1.29 bits per heavy atom. The van der Waals surface area contributed by atoms with E-state index < -0.39 is 0 Å². The molecule has 2 N–H and O–H groups in total. The summed E-state index contributed by atoms with van der Waals surface area (Å²) < 4.78 is 7.81. The van der Waals surface area contributed by atoms with Gasteiger partial charge in [-0.2, -0.15) is 0 Å². The number of aryl methyl sites for hydroxylation is 2. The van der Waals surface area contributed by atoms with Gasteiger partial charge in [0.15, 0.2) is 5.96 Å². The molecule has 28 heavy (non-hydrogen) atoms. The summed E-state index contributed by atoms with van der Waals surface area (Å²) in [6.45, 7) is 8.61. The van der Waals surface area contributed by atoms with E-state index in [1.54, 1.807) is 0 Å². The van der Waals surface area contributed by atoms with Crippen molar-refractivity contribution < 1.29 is 4.74 Å². The Morgan fingerprint density at radius 3 is 2.79 bits per heavy atom. The Labute approximate surface area is 185 Å². The smallest absolute Gasteiger partial charge is 0.190 e. The highest BCUT2D eigenvalue weighted by molar-refractivity contribution is 14.0. The second-order valence-corrected chi connectivity index (χ2v) is 7.45. The monoisotopic (exact) mass is 499 g/mol. The third-order valence-corrected chi connectivity index (χ3v) is 5.49. The molecule has 0 spiro atoms. The lowest BCUT2D eigenvalue weighted by molar-refractivity contribution is 0.128. The van der Waals surface area contributed by atoms with E-state index >= 15 is 0 Å². The van der Waals surface area contributed by atoms with E-state index in [9.17, 15) is 0 Å². The fourth-order valence-electron chi connectivity index (χ4n) is 3.54. The van der Waals surface area contributed by atoms with Gasteiger partial charge in [0.25, 0.3) is 0 Å². The Hall–Kier alpha value is -1.35. The molecule has 0 saturated heterocycles. The van der Waals surface area contributed by atoms with Crippen molar-refractivity contribution in [3.8, 4) is 0 Å². The molecule has 156 valence electrons. The van der Waals surface area contributed by atoms with Gasteiger partial charge >= 0.3 is 0 Å². The van der Waals surface area contributed by atoms with Crippen molar-refractivity contribution in [3.05, 3.63) is 30.1 Å². The SMILES string of the molecule is CCOCCC1(CNC(=NC)NCCCn2c(C)nc3ccccc32)CC1.I. The zero-order chi connectivity index (χ0) is 19.1. The zero-order valence-corrected chi connectivity index (χ0v) is 19.7. The maximum atomic E-state index is 5.52. The molecule has 1 aromatic carbocycles. The second-order valence-electron chi connectivity index (χ2n) is 7.45. The number of guanidine groups is 1. The van der Waals surface area contributed by atoms with Crippen LogP contribution in [0.3, 0.4) is 0 Å². The first-order valence-corrected chi connectivity index (χ1v) is 10.1. The molecule has 1 fully saturated rings. The highest BCUT2D eigenvalue weighted by Gasteiger charge is 2.41. The number of para-hydroxylation sites is 2. The number of rotatable bonds is 10. The van der Waals surface area contributed by atoms with Crippen LogP contribution >= 0.6 is 24.0 Å². The van der Waals surface area contributed by atoms with Gasteiger partial charge in [0.05, 0.1) is 11.0 Å². The Morgan fingerprint density at radius 2 is 2.07 bits per heavy atom. The summed E-state index contributed by atoms with van der Waals surface area (Å²) >= 11 is 0. The molecule has 0 aliphatic heterocycles. The van der Waals surface area contributed by atoms with Gasteiger partial charge in [-0.3, -0.25) is 4.99 Å². The van der Waals surface area contributed by atoms with Gasteiger partial charge in [0, 0.05) is 39.9 Å². The summed E-state index contributed by atoms with van der Waals surface area (Å²) in [6.07, 6.45) is 4.74. The summed E-state index contributed by atoms with van der Waals surface area (Å²) in [6, 6.07) is 8.32. The molecule has 1 aliphatic carbocycles. The molecule has 1 saturated carbocycles. The number of nitrogens with one attached hydrogen (secondary N) is 2. The third-order valence-electron chi connectivity index (χ3n) is 5.49. The van der Waals surface area contributed by atoms with E-state index in [4.69, 9.17) is 4.74 Å². The molecule has 0 amide bonds. The number of aromatic nitrogens is 2. The number of hydrogen-bond acceptors (Lipinski definition) is 3. The minimum absolute atomic E-state index is 0. The first kappa shape index (κ1) is 22.9. The predicted molar refractivity (Wildman–Crippen MR) is 127 cm³/mol. The van der Waals surface area contributed by atoms with Crippen LogP contribution in [0.25, 0.3) is 11.0 Å². The number of nitrogens with zero attached hydrogens (tertiary/aromatic N) is 3. The fraction of sp³-hybridized carbons (Fsp3) is 0.619. The van der Waals surface area contributed by atoms with Gasteiger partial charge in [-0.25, -0.2) is 4.98 Å². The minimum Gasteiger partial charge on any atom is -0.382 e. The van der Waals surface area contributed by atoms with Crippen molar-refractivity contribution in [2.24, 2.45) is 10.4 Å². The molecule has 0 radical (unpaired) electrons. The van der Waals surface area contributed by atoms with Gasteiger partial charge < -0.3 is 19.9 Å². The van der Waals surface area contributed by atoms with Crippen LogP contribution in [0.15, 0.2) is 29.3 Å². The number of imidazole rings is 1. The van der Waals surface area contributed by atoms with Crippen LogP contribution in [0.2, 0.25) is 0 Å². The van der Waals surface area contributed by atoms with Crippen molar-refractivity contribution in [3.63, 3.8) is 0 Å². The van der Waals surface area contributed by atoms with Crippen LogP contribution < -0.4 is 10.6 Å². The number of fused-ring (bicyclic) bond motifs is 1. The maximum Gasteiger partial charge on any atom is 0.190 e. The Balaban J connectivity index is 0.00000280. The lowest BCUT2D eigenvalue weighted by Crippen LogP contribution is -2.41. The van der Waals surface area contributed by atoms with Crippen molar-refractivity contribution in [2.45, 2.75) is 46.1 Å². The van der Waals surface area contributed by atoms with Crippen molar-refractivity contribution in [2.75, 3.05) is 33.4 Å². The van der Waals surface area contributed by atoms with Crippen LogP contribution in [0.4, 0.5) is 0 Å². The van der Waals surface area contributed by atoms with Crippen molar-refractivity contribution in [1.82, 2.24) is 20.2 Å². The summed E-state index contributed by atoms with van der Waals surface area (Å²) in [5.74, 6) is 1.97. The molecular formula is C21H34IN5O. The van der Waals surface area contributed by atoms with Crippen LogP contribution in [-0.4, -0.2) is 48.9 Å². The second kappa shape index (κ2) is 11.0. The number of ether oxygens (including phenoxy) is 1. The number of benzene rings is 1. The van der Waals surface area contributed by atoms with Crippen LogP contribution in [0.5, 0.6) is 0 Å². The molecule has 6 nitrogen and oxygen atoms in total. The first-order valence-electron chi connectivity index (χ1n) is 10.1. The van der Waals surface area contributed by atoms with Crippen LogP contribution in [0.1, 0.15) is 38.4 Å². The van der Waals surface area contributed by atoms with E-state index in [0.717, 1.165) is 63.0 Å². The average Bonchev–Trinajstić information content (AvgIpc) is 3.37. The normalized spacial score (nSPS) is 15.3. The molecule has 1 aliphatic rings. The largest absolute Gasteiger partial charge is 0.382 e. The highest BCUT2D eigenvalue weighted by Crippen LogP contribution is 2.48. The van der Waals surface area contributed by atoms with Gasteiger partial charge in [0.2, 0.25) is 0 Å². The van der Waals surface area contributed by atoms with Gasteiger partial charge in [-0.05, 0) is 57.1 Å². The van der Waals surface area contributed by atoms with Gasteiger partial charge in [0.1, 0.15) is 5.82 Å². The van der Waals surface area contributed by atoms with Crippen LogP contribution in [0, 0.1) is 12.3 Å². The lowest BCUT2D eigenvalue weighted by Gasteiger charge is -2.18. The van der Waals surface area contributed by atoms with Crippen molar-refractivity contribution in [1.29, 1.82) is 0 Å². The average molecular weight is 499 g/mol. The predicted octanol–water partition coefficient (Wildman–Crippen LogP) is 3.72. The molecular weight excluding hydrogens is 465 g/mol. The first-order chi connectivity index (χ1) is 13.2. The number of hydrogen-bond donors (Lipinski definition) is 2. The van der Waals surface area contributed by atoms with E-state index in [1.807, 2.05) is 13.1 Å². The minimum atomic E-state index is 0. The number of halogens is 1. The summed E-state index contributed by atoms with van der Waals surface area (Å²) in [5.41, 5.74) is 2.70. The third kappa shape index (κ3) is 6.07. The number of aliphatic imine (C=N–C) groups is 1. The van der Waals surface area contributed by atoms with E-state index in [2.05, 4.69) is 57.2 Å². The molecule has 1 heterocycles. The molecule has 1 aromatic heterocycles. The zero-order valence-electron chi connectivity index (χ0n) is 17.3. The van der Waals surface area contributed by atoms with Gasteiger partial charge in [-0.15, -0.1) is 24.0 Å². The molecule has 0 bridgehead atoms. The summed E-state index contributed by atoms with van der Waals surface area (Å²) in [7, 11) is 1.84. The lowest BCUT2D eigenvalue weighted by atomic mass is 10.0. The van der Waals surface area contributed by atoms with E-state index in [-0.39, 0.29) is 24.0 Å². The fourth-order valence-corrected chi connectivity index (χ4v) is 3.54. The van der Waals surface area contributed by atoms with Gasteiger partial charge in [-0.1, -0.05) is 12.1 Å². The topological polar surface area (TPSA) is 63.5 Å². The van der Waals surface area contributed by atoms with Crippen molar-refractivity contribution >= 4 is 41.0 Å². The van der Waals surface area contributed by atoms with E-state index in [0.29, 0.717) is 5.41 Å². The molecule has 0 atom stereocenters. The molecule has 0 unspecified atom stereocenters. The molecule has 7 heteroatoms.